The van der Waals surface area contributed by atoms with Crippen LogP contribution in [-0.4, -0.2) is 0 Å². The summed E-state index contributed by atoms with van der Waals surface area (Å²) in [7, 11) is 0. The third kappa shape index (κ3) is 6.23. The lowest BCUT2D eigenvalue weighted by atomic mass is 9.69. The van der Waals surface area contributed by atoms with Gasteiger partial charge in [0.25, 0.3) is 0 Å². The molecule has 0 aliphatic heterocycles. The average Bonchev–Trinajstić information content (AvgIpc) is 2.85. The zero-order chi connectivity index (χ0) is 23.2. The molecule has 0 unspecified atom stereocenters. The zero-order valence-electron chi connectivity index (χ0n) is 19.3. The van der Waals surface area contributed by atoms with Gasteiger partial charge in [-0.3, -0.25) is 0 Å². The van der Waals surface area contributed by atoms with Gasteiger partial charge in [-0.1, -0.05) is 49.9 Å². The summed E-state index contributed by atoms with van der Waals surface area (Å²) in [6, 6.07) is 9.32. The second-order valence-corrected chi connectivity index (χ2v) is 9.65. The van der Waals surface area contributed by atoms with Crippen LogP contribution in [0.4, 0.5) is 13.2 Å². The molecule has 0 radical (unpaired) electrons. The number of hydrogen-bond acceptors (Lipinski definition) is 0. The second kappa shape index (κ2) is 11.0. The monoisotopic (exact) mass is 448 g/mol. The predicted octanol–water partition coefficient (Wildman–Crippen LogP) is 7.88. The van der Waals surface area contributed by atoms with Crippen LogP contribution in [0.3, 0.4) is 0 Å². The molecule has 0 nitrogen and oxygen atoms in total. The highest BCUT2D eigenvalue weighted by atomic mass is 19.2. The lowest BCUT2D eigenvalue weighted by Crippen LogP contribution is -2.25. The molecule has 3 heteroatoms. The molecule has 0 aromatic heterocycles. The summed E-state index contributed by atoms with van der Waals surface area (Å²) >= 11 is 0. The van der Waals surface area contributed by atoms with Gasteiger partial charge in [-0.05, 0) is 92.7 Å². The Morgan fingerprint density at radius 2 is 1.15 bits per heavy atom. The number of halogens is 3. The van der Waals surface area contributed by atoms with Crippen molar-refractivity contribution in [2.24, 2.45) is 23.7 Å². The maximum atomic E-state index is 13.3. The first kappa shape index (κ1) is 23.5. The van der Waals surface area contributed by atoms with Gasteiger partial charge in [-0.2, -0.15) is 0 Å². The van der Waals surface area contributed by atoms with Crippen molar-refractivity contribution >= 4 is 0 Å². The van der Waals surface area contributed by atoms with Gasteiger partial charge in [-0.15, -0.1) is 0 Å². The summed E-state index contributed by atoms with van der Waals surface area (Å²) in [6.07, 6.45) is 12.1. The Morgan fingerprint density at radius 1 is 0.667 bits per heavy atom. The van der Waals surface area contributed by atoms with Crippen molar-refractivity contribution in [1.82, 2.24) is 0 Å². The van der Waals surface area contributed by atoms with E-state index < -0.39 is 17.5 Å². The highest BCUT2D eigenvalue weighted by molar-refractivity contribution is 5.46. The van der Waals surface area contributed by atoms with E-state index >= 15 is 0 Å². The summed E-state index contributed by atoms with van der Waals surface area (Å²) in [4.78, 5) is 0. The Kier molecular flexibility index (Phi) is 7.82. The quantitative estimate of drug-likeness (QED) is 0.324. The topological polar surface area (TPSA) is 0 Å². The van der Waals surface area contributed by atoms with E-state index in [2.05, 4.69) is 30.6 Å². The van der Waals surface area contributed by atoms with Gasteiger partial charge in [0.1, 0.15) is 0 Å². The third-order valence-corrected chi connectivity index (χ3v) is 7.55. The Bertz CT molecular complexity index is 1040. The Labute approximate surface area is 196 Å². The lowest BCUT2D eigenvalue weighted by molar-refractivity contribution is 0.156. The van der Waals surface area contributed by atoms with Crippen LogP contribution >= 0.6 is 0 Å². The molecule has 2 aromatic carbocycles. The number of hydrogen-bond donors (Lipinski definition) is 0. The molecule has 172 valence electrons. The molecule has 2 aliphatic carbocycles. The normalized spacial score (nSPS) is 24.8. The fourth-order valence-corrected chi connectivity index (χ4v) is 5.40. The molecule has 33 heavy (non-hydrogen) atoms. The third-order valence-electron chi connectivity index (χ3n) is 7.55. The molecule has 4 rings (SSSR count). The summed E-state index contributed by atoms with van der Waals surface area (Å²) < 4.78 is 39.6. The first-order valence-electron chi connectivity index (χ1n) is 12.3. The van der Waals surface area contributed by atoms with Crippen LogP contribution in [0.1, 0.15) is 81.4 Å². The Morgan fingerprint density at radius 3 is 1.70 bits per heavy atom. The van der Waals surface area contributed by atoms with Crippen molar-refractivity contribution < 1.29 is 13.2 Å². The minimum Gasteiger partial charge on any atom is -0.204 e. The van der Waals surface area contributed by atoms with E-state index in [-0.39, 0.29) is 5.56 Å². The van der Waals surface area contributed by atoms with Crippen LogP contribution in [0.15, 0.2) is 36.4 Å². The first-order valence-corrected chi connectivity index (χ1v) is 12.3. The molecule has 2 aliphatic rings. The fourth-order valence-electron chi connectivity index (χ4n) is 5.40. The molecular formula is C30H31F3. The molecule has 0 saturated heterocycles. The van der Waals surface area contributed by atoms with Gasteiger partial charge in [0.05, 0.1) is 0 Å². The molecule has 2 saturated carbocycles. The largest absolute Gasteiger partial charge is 0.204 e. The van der Waals surface area contributed by atoms with E-state index in [4.69, 9.17) is 0 Å². The number of benzene rings is 2. The first-order chi connectivity index (χ1) is 16.0. The molecule has 0 spiro atoms. The molecular weight excluding hydrogens is 417 g/mol. The zero-order valence-corrected chi connectivity index (χ0v) is 19.3. The molecule has 0 bridgehead atoms. The Balaban J connectivity index is 1.29. The van der Waals surface area contributed by atoms with E-state index in [0.29, 0.717) is 11.5 Å². The minimum absolute atomic E-state index is 0.101. The van der Waals surface area contributed by atoms with Crippen molar-refractivity contribution in [3.8, 4) is 23.7 Å². The van der Waals surface area contributed by atoms with Crippen LogP contribution in [0.25, 0.3) is 0 Å². The summed E-state index contributed by atoms with van der Waals surface area (Å²) in [5.41, 5.74) is 1.76. The van der Waals surface area contributed by atoms with Gasteiger partial charge >= 0.3 is 0 Å². The number of rotatable bonds is 2. The van der Waals surface area contributed by atoms with Gasteiger partial charge in [0.2, 0.25) is 0 Å². The smallest absolute Gasteiger partial charge is 0.194 e. The summed E-state index contributed by atoms with van der Waals surface area (Å²) in [5, 5.41) is 0. The summed E-state index contributed by atoms with van der Waals surface area (Å²) in [6.45, 7) is 2.33. The molecule has 0 heterocycles. The second-order valence-electron chi connectivity index (χ2n) is 9.65. The van der Waals surface area contributed by atoms with E-state index in [1.165, 1.54) is 57.8 Å². The van der Waals surface area contributed by atoms with E-state index in [0.717, 1.165) is 35.4 Å². The van der Waals surface area contributed by atoms with Gasteiger partial charge in [0, 0.05) is 22.6 Å². The highest BCUT2D eigenvalue weighted by Gasteiger charge is 2.29. The van der Waals surface area contributed by atoms with Crippen molar-refractivity contribution in [1.29, 1.82) is 0 Å². The van der Waals surface area contributed by atoms with Gasteiger partial charge in [0.15, 0.2) is 17.5 Å². The molecule has 0 atom stereocenters. The fraction of sp³-hybridized carbons (Fsp3) is 0.467. The van der Waals surface area contributed by atoms with E-state index in [1.807, 2.05) is 24.3 Å². The summed E-state index contributed by atoms with van der Waals surface area (Å²) in [5.74, 6) is 11.7. The predicted molar refractivity (Wildman–Crippen MR) is 127 cm³/mol. The van der Waals surface area contributed by atoms with Crippen molar-refractivity contribution in [2.45, 2.75) is 64.7 Å². The van der Waals surface area contributed by atoms with Crippen molar-refractivity contribution in [3.63, 3.8) is 0 Å². The maximum Gasteiger partial charge on any atom is 0.194 e. The standard InChI is InChI=1S/C30H31F3/c1-2-21-11-15-26(16-12-21)27-17-13-24(14-18-27)8-7-22-3-5-23(6-4-22)9-10-25-19-28(31)30(33)29(32)20-25/h3-6,19-21,24,26-27H,2,11-18H2,1H3. The van der Waals surface area contributed by atoms with Crippen LogP contribution in [0.5, 0.6) is 0 Å². The molecule has 0 N–H and O–H groups in total. The van der Waals surface area contributed by atoms with Gasteiger partial charge in [-0.25, -0.2) is 13.2 Å². The Hall–Kier alpha value is -2.65. The molecule has 0 amide bonds. The highest BCUT2D eigenvalue weighted by Crippen LogP contribution is 2.41. The van der Waals surface area contributed by atoms with Gasteiger partial charge < -0.3 is 0 Å². The van der Waals surface area contributed by atoms with E-state index in [9.17, 15) is 13.2 Å². The maximum absolute atomic E-state index is 13.3. The lowest BCUT2D eigenvalue weighted by Gasteiger charge is -2.36. The van der Waals surface area contributed by atoms with E-state index in [1.54, 1.807) is 0 Å². The van der Waals surface area contributed by atoms with Crippen molar-refractivity contribution in [2.75, 3.05) is 0 Å². The molecule has 2 fully saturated rings. The molecule has 2 aromatic rings. The van der Waals surface area contributed by atoms with Crippen LogP contribution in [-0.2, 0) is 0 Å². The SMILES string of the molecule is CCC1CCC(C2CCC(C#Cc3ccc(C#Cc4cc(F)c(F)c(F)c4)cc3)CC2)CC1. The average molecular weight is 449 g/mol. The van der Waals surface area contributed by atoms with Crippen molar-refractivity contribution in [3.05, 3.63) is 70.5 Å². The van der Waals surface area contributed by atoms with Crippen LogP contribution in [0, 0.1) is 64.8 Å². The minimum atomic E-state index is -1.48. The van der Waals surface area contributed by atoms with Crippen LogP contribution < -0.4 is 0 Å². The van der Waals surface area contributed by atoms with Crippen LogP contribution in [0.2, 0.25) is 0 Å².